The Bertz CT molecular complexity index is 222. The second-order valence-electron chi connectivity index (χ2n) is 2.52. The summed E-state index contributed by atoms with van der Waals surface area (Å²) in [7, 11) is 0. The molecule has 12 heavy (non-hydrogen) atoms. The molecule has 0 aromatic carbocycles. The van der Waals surface area contributed by atoms with Crippen LogP contribution in [0.25, 0.3) is 0 Å². The molecule has 0 spiro atoms. The predicted molar refractivity (Wildman–Crippen MR) is 57.4 cm³/mol. The van der Waals surface area contributed by atoms with Gasteiger partial charge in [0.15, 0.2) is 0 Å². The average molecular weight is 277 g/mol. The van der Waals surface area contributed by atoms with Crippen LogP contribution in [0.1, 0.15) is 19.8 Å². The molecule has 0 saturated heterocycles. The molecule has 0 radical (unpaired) electrons. The lowest BCUT2D eigenvalue weighted by atomic mass is 10.4. The fourth-order valence-corrected chi connectivity index (χ4v) is 1.09. The third kappa shape index (κ3) is 3.38. The van der Waals surface area contributed by atoms with Crippen LogP contribution < -0.4 is 4.74 Å². The molecule has 0 bridgehead atoms. The van der Waals surface area contributed by atoms with Gasteiger partial charge in [0.05, 0.1) is 6.61 Å². The van der Waals surface area contributed by atoms with Gasteiger partial charge in [0.2, 0.25) is 5.88 Å². The van der Waals surface area contributed by atoms with E-state index in [1.165, 1.54) is 0 Å². The van der Waals surface area contributed by atoms with E-state index in [1.807, 2.05) is 18.3 Å². The lowest BCUT2D eigenvalue weighted by Crippen LogP contribution is -1.97. The number of unbranched alkanes of at least 4 members (excludes halogenated alkanes) is 1. The average Bonchev–Trinajstić information content (AvgIpc) is 2.09. The van der Waals surface area contributed by atoms with Crippen LogP contribution in [0.4, 0.5) is 0 Å². The monoisotopic (exact) mass is 277 g/mol. The van der Waals surface area contributed by atoms with Crippen LogP contribution in [0.5, 0.6) is 5.88 Å². The van der Waals surface area contributed by atoms with Crippen molar-refractivity contribution in [3.63, 3.8) is 0 Å². The topological polar surface area (TPSA) is 22.1 Å². The van der Waals surface area contributed by atoms with E-state index in [1.54, 1.807) is 0 Å². The molecule has 0 amide bonds. The molecular weight excluding hydrogens is 265 g/mol. The summed E-state index contributed by atoms with van der Waals surface area (Å²) >= 11 is 2.22. The van der Waals surface area contributed by atoms with E-state index in [0.717, 1.165) is 28.9 Å². The molecule has 66 valence electrons. The van der Waals surface area contributed by atoms with E-state index < -0.39 is 0 Å². The Morgan fingerprint density at radius 3 is 2.92 bits per heavy atom. The first-order chi connectivity index (χ1) is 5.83. The van der Waals surface area contributed by atoms with Gasteiger partial charge in [0.1, 0.15) is 0 Å². The summed E-state index contributed by atoms with van der Waals surface area (Å²) in [5, 5.41) is 0. The highest BCUT2D eigenvalue weighted by atomic mass is 127. The van der Waals surface area contributed by atoms with E-state index in [0.29, 0.717) is 0 Å². The summed E-state index contributed by atoms with van der Waals surface area (Å²) in [5.74, 6) is 0.726. The van der Waals surface area contributed by atoms with Crippen LogP contribution in [0.15, 0.2) is 18.3 Å². The van der Waals surface area contributed by atoms with Crippen LogP contribution in [0.2, 0.25) is 0 Å². The van der Waals surface area contributed by atoms with E-state index in [-0.39, 0.29) is 0 Å². The van der Waals surface area contributed by atoms with Crippen molar-refractivity contribution in [1.82, 2.24) is 4.98 Å². The molecule has 0 atom stereocenters. The Morgan fingerprint density at radius 1 is 1.50 bits per heavy atom. The van der Waals surface area contributed by atoms with Crippen molar-refractivity contribution < 1.29 is 4.74 Å². The quantitative estimate of drug-likeness (QED) is 0.623. The third-order valence-corrected chi connectivity index (χ3v) is 2.09. The van der Waals surface area contributed by atoms with Gasteiger partial charge in [0, 0.05) is 15.8 Å². The molecule has 0 N–H and O–H groups in total. The highest BCUT2D eigenvalue weighted by molar-refractivity contribution is 14.1. The van der Waals surface area contributed by atoms with E-state index in [9.17, 15) is 0 Å². The summed E-state index contributed by atoms with van der Waals surface area (Å²) in [4.78, 5) is 4.12. The maximum atomic E-state index is 5.39. The Kier molecular flexibility index (Phi) is 4.35. The summed E-state index contributed by atoms with van der Waals surface area (Å²) in [6, 6.07) is 3.90. The van der Waals surface area contributed by atoms with Gasteiger partial charge in [-0.05, 0) is 35.1 Å². The molecule has 0 aliphatic heterocycles. The SMILES string of the molecule is CCCCOc1ccc(I)cn1. The maximum absolute atomic E-state index is 5.39. The number of nitrogens with zero attached hydrogens (tertiary/aromatic N) is 1. The van der Waals surface area contributed by atoms with Gasteiger partial charge in [-0.15, -0.1) is 0 Å². The Morgan fingerprint density at radius 2 is 2.33 bits per heavy atom. The van der Waals surface area contributed by atoms with Crippen LogP contribution in [-0.2, 0) is 0 Å². The molecule has 0 saturated carbocycles. The van der Waals surface area contributed by atoms with Crippen molar-refractivity contribution >= 4 is 22.6 Å². The van der Waals surface area contributed by atoms with Crippen LogP contribution >= 0.6 is 22.6 Å². The Labute approximate surface area is 86.5 Å². The van der Waals surface area contributed by atoms with E-state index in [4.69, 9.17) is 4.74 Å². The summed E-state index contributed by atoms with van der Waals surface area (Å²) in [6.07, 6.45) is 4.06. The van der Waals surface area contributed by atoms with Crippen molar-refractivity contribution in [3.8, 4) is 5.88 Å². The zero-order valence-electron chi connectivity index (χ0n) is 7.09. The minimum absolute atomic E-state index is 0.726. The summed E-state index contributed by atoms with van der Waals surface area (Å²) < 4.78 is 6.52. The second kappa shape index (κ2) is 5.35. The normalized spacial score (nSPS) is 9.83. The Balaban J connectivity index is 2.37. The molecule has 1 aromatic heterocycles. The lowest BCUT2D eigenvalue weighted by molar-refractivity contribution is 0.297. The third-order valence-electron chi connectivity index (χ3n) is 1.45. The van der Waals surface area contributed by atoms with Gasteiger partial charge < -0.3 is 4.74 Å². The van der Waals surface area contributed by atoms with Crippen molar-refractivity contribution in [2.75, 3.05) is 6.61 Å². The number of ether oxygens (including phenoxy) is 1. The largest absolute Gasteiger partial charge is 0.478 e. The highest BCUT2D eigenvalue weighted by Gasteiger charge is 1.93. The zero-order valence-corrected chi connectivity index (χ0v) is 9.24. The highest BCUT2D eigenvalue weighted by Crippen LogP contribution is 2.09. The molecule has 0 fully saturated rings. The van der Waals surface area contributed by atoms with Gasteiger partial charge in [-0.1, -0.05) is 13.3 Å². The van der Waals surface area contributed by atoms with Crippen LogP contribution in [0.3, 0.4) is 0 Å². The van der Waals surface area contributed by atoms with Gasteiger partial charge in [-0.2, -0.15) is 0 Å². The number of hydrogen-bond donors (Lipinski definition) is 0. The molecular formula is C9H12INO. The van der Waals surface area contributed by atoms with Gasteiger partial charge in [0.25, 0.3) is 0 Å². The standard InChI is InChI=1S/C9H12INO/c1-2-3-6-12-9-5-4-8(10)7-11-9/h4-5,7H,2-3,6H2,1H3. The number of hydrogen-bond acceptors (Lipinski definition) is 2. The van der Waals surface area contributed by atoms with E-state index in [2.05, 4.69) is 34.5 Å². The number of halogens is 1. The first-order valence-electron chi connectivity index (χ1n) is 4.07. The molecule has 1 rings (SSSR count). The Hall–Kier alpha value is -0.320. The summed E-state index contributed by atoms with van der Waals surface area (Å²) in [6.45, 7) is 2.91. The van der Waals surface area contributed by atoms with Gasteiger partial charge >= 0.3 is 0 Å². The number of aromatic nitrogens is 1. The first-order valence-corrected chi connectivity index (χ1v) is 5.15. The van der Waals surface area contributed by atoms with Crippen LogP contribution in [-0.4, -0.2) is 11.6 Å². The molecule has 0 unspecified atom stereocenters. The molecule has 1 aromatic rings. The molecule has 1 heterocycles. The second-order valence-corrected chi connectivity index (χ2v) is 3.76. The predicted octanol–water partition coefficient (Wildman–Crippen LogP) is 2.87. The molecule has 2 nitrogen and oxygen atoms in total. The number of pyridine rings is 1. The fourth-order valence-electron chi connectivity index (χ4n) is 0.769. The minimum atomic E-state index is 0.726. The minimum Gasteiger partial charge on any atom is -0.478 e. The van der Waals surface area contributed by atoms with Crippen LogP contribution in [0, 0.1) is 3.57 Å². The lowest BCUT2D eigenvalue weighted by Gasteiger charge is -2.02. The maximum Gasteiger partial charge on any atom is 0.213 e. The molecule has 0 aliphatic rings. The first kappa shape index (κ1) is 9.77. The smallest absolute Gasteiger partial charge is 0.213 e. The van der Waals surface area contributed by atoms with Crippen molar-refractivity contribution in [1.29, 1.82) is 0 Å². The van der Waals surface area contributed by atoms with E-state index >= 15 is 0 Å². The molecule has 0 aliphatic carbocycles. The van der Waals surface area contributed by atoms with Crippen molar-refractivity contribution in [2.45, 2.75) is 19.8 Å². The van der Waals surface area contributed by atoms with Crippen molar-refractivity contribution in [3.05, 3.63) is 21.9 Å². The van der Waals surface area contributed by atoms with Gasteiger partial charge in [-0.25, -0.2) is 4.98 Å². The number of rotatable bonds is 4. The zero-order chi connectivity index (χ0) is 8.81. The molecule has 3 heteroatoms. The fraction of sp³-hybridized carbons (Fsp3) is 0.444. The van der Waals surface area contributed by atoms with Crippen molar-refractivity contribution in [2.24, 2.45) is 0 Å². The summed E-state index contributed by atoms with van der Waals surface area (Å²) in [5.41, 5.74) is 0. The van der Waals surface area contributed by atoms with Gasteiger partial charge in [-0.3, -0.25) is 0 Å².